The van der Waals surface area contributed by atoms with Gasteiger partial charge < -0.3 is 20.3 Å². The highest BCUT2D eigenvalue weighted by atomic mass is 127. The summed E-state index contributed by atoms with van der Waals surface area (Å²) in [6.45, 7) is 17.6. The van der Waals surface area contributed by atoms with Crippen molar-refractivity contribution in [3.8, 4) is 0 Å². The summed E-state index contributed by atoms with van der Waals surface area (Å²) in [5, 5.41) is 6.89. The van der Waals surface area contributed by atoms with Gasteiger partial charge in [-0.05, 0) is 53.9 Å². The van der Waals surface area contributed by atoms with Gasteiger partial charge in [-0.15, -0.1) is 24.0 Å². The quantitative estimate of drug-likeness (QED) is 0.232. The van der Waals surface area contributed by atoms with Crippen LogP contribution >= 0.6 is 24.0 Å². The topological polar surface area (TPSA) is 69.2 Å². The van der Waals surface area contributed by atoms with E-state index in [9.17, 15) is 4.79 Å². The molecule has 0 saturated carbocycles. The summed E-state index contributed by atoms with van der Waals surface area (Å²) >= 11 is 0. The number of rotatable bonds is 7. The van der Waals surface area contributed by atoms with Gasteiger partial charge in [0.2, 0.25) is 0 Å². The highest BCUT2D eigenvalue weighted by Gasteiger charge is 2.23. The number of amides is 1. The van der Waals surface area contributed by atoms with Gasteiger partial charge in [-0.3, -0.25) is 9.89 Å². The Morgan fingerprint density at radius 1 is 1.34 bits per heavy atom. The number of likely N-dealkylation sites (tertiary alicyclic amines) is 1. The van der Waals surface area contributed by atoms with E-state index in [0.717, 1.165) is 51.4 Å². The summed E-state index contributed by atoms with van der Waals surface area (Å²) in [6, 6.07) is 0.514. The van der Waals surface area contributed by atoms with Gasteiger partial charge in [0.25, 0.3) is 0 Å². The van der Waals surface area contributed by atoms with Gasteiger partial charge in [0.05, 0.1) is 0 Å². The van der Waals surface area contributed by atoms with Crippen molar-refractivity contribution in [1.29, 1.82) is 0 Å². The third kappa shape index (κ3) is 11.7. The zero-order valence-electron chi connectivity index (χ0n) is 19.4. The van der Waals surface area contributed by atoms with Gasteiger partial charge in [0.1, 0.15) is 5.60 Å². The lowest BCUT2D eigenvalue weighted by Crippen LogP contribution is -2.49. The van der Waals surface area contributed by atoms with Crippen molar-refractivity contribution in [2.45, 2.75) is 71.6 Å². The van der Waals surface area contributed by atoms with Crippen LogP contribution in [0.25, 0.3) is 0 Å². The number of carbonyl (C=O) groups is 1. The van der Waals surface area contributed by atoms with Crippen LogP contribution in [0, 0.1) is 0 Å². The summed E-state index contributed by atoms with van der Waals surface area (Å²) in [4.78, 5) is 20.6. The molecule has 29 heavy (non-hydrogen) atoms. The van der Waals surface area contributed by atoms with E-state index in [-0.39, 0.29) is 36.1 Å². The van der Waals surface area contributed by atoms with E-state index >= 15 is 0 Å². The molecule has 8 heteroatoms. The Bertz CT molecular complexity index is 540. The Morgan fingerprint density at radius 2 is 1.93 bits per heavy atom. The number of nitrogens with zero attached hydrogens (tertiary/aromatic N) is 3. The minimum Gasteiger partial charge on any atom is -0.444 e. The summed E-state index contributed by atoms with van der Waals surface area (Å²) in [5.41, 5.74) is 0.740. The zero-order valence-corrected chi connectivity index (χ0v) is 21.7. The average molecular weight is 524 g/mol. The number of aliphatic imine (C=N–C) groups is 1. The van der Waals surface area contributed by atoms with Gasteiger partial charge in [-0.25, -0.2) is 4.79 Å². The van der Waals surface area contributed by atoms with Crippen molar-refractivity contribution in [1.82, 2.24) is 20.4 Å². The van der Waals surface area contributed by atoms with E-state index in [1.165, 1.54) is 5.57 Å². The van der Waals surface area contributed by atoms with E-state index in [1.54, 1.807) is 19.0 Å². The van der Waals surface area contributed by atoms with Crippen molar-refractivity contribution in [2.75, 3.05) is 40.3 Å². The van der Waals surface area contributed by atoms with E-state index in [2.05, 4.69) is 34.0 Å². The molecule has 0 radical (unpaired) electrons. The number of nitrogens with one attached hydrogen (secondary N) is 2. The third-order valence-electron chi connectivity index (χ3n) is 4.84. The first-order valence-corrected chi connectivity index (χ1v) is 10.3. The predicted octanol–water partition coefficient (Wildman–Crippen LogP) is 3.46. The Labute approximate surface area is 194 Å². The van der Waals surface area contributed by atoms with Gasteiger partial charge in [-0.1, -0.05) is 12.2 Å². The Kier molecular flexibility index (Phi) is 12.8. The molecule has 0 aromatic carbocycles. The first-order valence-electron chi connectivity index (χ1n) is 10.3. The second-order valence-electron chi connectivity index (χ2n) is 8.88. The predicted molar refractivity (Wildman–Crippen MR) is 132 cm³/mol. The fraction of sp³-hybridized carbons (Fsp3) is 0.810. The molecule has 1 unspecified atom stereocenters. The van der Waals surface area contributed by atoms with Crippen molar-refractivity contribution < 1.29 is 9.53 Å². The fourth-order valence-corrected chi connectivity index (χ4v) is 3.11. The van der Waals surface area contributed by atoms with Crippen LogP contribution < -0.4 is 10.6 Å². The maximum absolute atomic E-state index is 12.1. The van der Waals surface area contributed by atoms with Gasteiger partial charge in [-0.2, -0.15) is 0 Å². The molecule has 170 valence electrons. The first kappa shape index (κ1) is 28.0. The van der Waals surface area contributed by atoms with Crippen molar-refractivity contribution in [3.05, 3.63) is 12.2 Å². The highest BCUT2D eigenvalue weighted by Crippen LogP contribution is 2.12. The van der Waals surface area contributed by atoms with Gasteiger partial charge in [0.15, 0.2) is 5.96 Å². The molecular formula is C21H42IN5O2. The summed E-state index contributed by atoms with van der Waals surface area (Å²) < 4.78 is 5.42. The molecular weight excluding hydrogens is 481 g/mol. The van der Waals surface area contributed by atoms with Crippen LogP contribution in [0.2, 0.25) is 0 Å². The van der Waals surface area contributed by atoms with Crippen LogP contribution in [0.1, 0.15) is 53.9 Å². The largest absolute Gasteiger partial charge is 0.444 e. The molecule has 0 aromatic rings. The SMILES string of the molecule is C=C(C)CN1CCC(NC(=NC)NCCC(C)N(C)C(=O)OC(C)(C)C)CC1.I. The normalized spacial score (nSPS) is 17.1. The van der Waals surface area contributed by atoms with Crippen LogP contribution in [0.5, 0.6) is 0 Å². The van der Waals surface area contributed by atoms with Crippen molar-refractivity contribution in [3.63, 3.8) is 0 Å². The number of guanidine groups is 1. The Balaban J connectivity index is 0.00000784. The maximum Gasteiger partial charge on any atom is 0.410 e. The van der Waals surface area contributed by atoms with Crippen LogP contribution in [0.3, 0.4) is 0 Å². The third-order valence-corrected chi connectivity index (χ3v) is 4.84. The van der Waals surface area contributed by atoms with E-state index in [1.807, 2.05) is 27.7 Å². The number of ether oxygens (including phenoxy) is 1. The molecule has 1 fully saturated rings. The first-order chi connectivity index (χ1) is 13.0. The molecule has 2 N–H and O–H groups in total. The fourth-order valence-electron chi connectivity index (χ4n) is 3.11. The van der Waals surface area contributed by atoms with Crippen LogP contribution in [-0.2, 0) is 4.74 Å². The molecule has 1 atom stereocenters. The lowest BCUT2D eigenvalue weighted by Gasteiger charge is -2.33. The van der Waals surface area contributed by atoms with E-state index < -0.39 is 5.60 Å². The summed E-state index contributed by atoms with van der Waals surface area (Å²) in [5.74, 6) is 0.825. The number of hydrogen-bond acceptors (Lipinski definition) is 4. The highest BCUT2D eigenvalue weighted by molar-refractivity contribution is 14.0. The number of piperidine rings is 1. The monoisotopic (exact) mass is 523 g/mol. The average Bonchev–Trinajstić information content (AvgIpc) is 2.59. The minimum atomic E-state index is -0.477. The second kappa shape index (κ2) is 13.3. The summed E-state index contributed by atoms with van der Waals surface area (Å²) in [6.07, 6.45) is 2.73. The Morgan fingerprint density at radius 3 is 2.41 bits per heavy atom. The minimum absolute atomic E-state index is 0. The standard InChI is InChI=1S/C21H41N5O2.HI/c1-16(2)15-26-13-10-18(11-14-26)24-19(22-7)23-12-9-17(3)25(8)20(27)28-21(4,5)6;/h17-18H,1,9-15H2,2-8H3,(H2,22,23,24);1H. The molecule has 0 spiro atoms. The molecule has 1 aliphatic heterocycles. The molecule has 0 aromatic heterocycles. The smallest absolute Gasteiger partial charge is 0.410 e. The van der Waals surface area contributed by atoms with Crippen molar-refractivity contribution >= 4 is 36.0 Å². The lowest BCUT2D eigenvalue weighted by molar-refractivity contribution is 0.0230. The van der Waals surface area contributed by atoms with Crippen molar-refractivity contribution in [2.24, 2.45) is 4.99 Å². The summed E-state index contributed by atoms with van der Waals surface area (Å²) in [7, 11) is 3.58. The molecule has 1 aliphatic rings. The van der Waals surface area contributed by atoms with Gasteiger partial charge in [0, 0.05) is 52.4 Å². The number of carbonyl (C=O) groups excluding carboxylic acids is 1. The molecule has 1 heterocycles. The van der Waals surface area contributed by atoms with Gasteiger partial charge >= 0.3 is 6.09 Å². The molecule has 0 aliphatic carbocycles. The maximum atomic E-state index is 12.1. The molecule has 1 saturated heterocycles. The van der Waals surface area contributed by atoms with E-state index in [4.69, 9.17) is 4.74 Å². The Hall–Kier alpha value is -1.03. The zero-order chi connectivity index (χ0) is 21.3. The van der Waals surface area contributed by atoms with Crippen LogP contribution in [-0.4, -0.2) is 79.8 Å². The number of hydrogen-bond donors (Lipinski definition) is 2. The molecule has 0 bridgehead atoms. The molecule has 7 nitrogen and oxygen atoms in total. The number of halogens is 1. The lowest BCUT2D eigenvalue weighted by atomic mass is 10.0. The van der Waals surface area contributed by atoms with Crippen LogP contribution in [0.15, 0.2) is 17.1 Å². The molecule has 1 rings (SSSR count). The van der Waals surface area contributed by atoms with E-state index in [0.29, 0.717) is 6.04 Å². The van der Waals surface area contributed by atoms with Crippen LogP contribution in [0.4, 0.5) is 4.79 Å². The molecule has 1 amide bonds. The second-order valence-corrected chi connectivity index (χ2v) is 8.88.